The van der Waals surface area contributed by atoms with E-state index in [-0.39, 0.29) is 11.4 Å². The van der Waals surface area contributed by atoms with Crippen molar-refractivity contribution in [2.24, 2.45) is 0 Å². The van der Waals surface area contributed by atoms with Crippen LogP contribution >= 0.6 is 0 Å². The highest BCUT2D eigenvalue weighted by molar-refractivity contribution is 7.89. The van der Waals surface area contributed by atoms with Crippen LogP contribution in [-0.4, -0.2) is 59.6 Å². The van der Waals surface area contributed by atoms with E-state index in [1.807, 2.05) is 0 Å². The molecular formula is C13H18N6O3S. The van der Waals surface area contributed by atoms with Crippen molar-refractivity contribution in [2.75, 3.05) is 32.1 Å². The van der Waals surface area contributed by atoms with Crippen molar-refractivity contribution in [1.82, 2.24) is 24.5 Å². The molecule has 10 heteroatoms. The summed E-state index contributed by atoms with van der Waals surface area (Å²) in [4.78, 5) is 8.75. The van der Waals surface area contributed by atoms with E-state index in [1.54, 1.807) is 20.0 Å². The van der Waals surface area contributed by atoms with E-state index < -0.39 is 16.1 Å². The fourth-order valence-corrected chi connectivity index (χ4v) is 3.77. The van der Waals surface area contributed by atoms with Crippen LogP contribution in [0.1, 0.15) is 17.6 Å². The molecule has 2 aromatic heterocycles. The van der Waals surface area contributed by atoms with E-state index in [2.05, 4.69) is 25.5 Å². The lowest BCUT2D eigenvalue weighted by atomic mass is 10.2. The Hall–Kier alpha value is -2.04. The third kappa shape index (κ3) is 3.19. The highest BCUT2D eigenvalue weighted by Crippen LogP contribution is 2.26. The lowest BCUT2D eigenvalue weighted by Crippen LogP contribution is -2.42. The normalized spacial score (nSPS) is 19.7. The van der Waals surface area contributed by atoms with E-state index in [4.69, 9.17) is 4.74 Å². The van der Waals surface area contributed by atoms with Crippen LogP contribution in [0.2, 0.25) is 0 Å². The summed E-state index contributed by atoms with van der Waals surface area (Å²) in [5.41, 5.74) is 0.661. The maximum absolute atomic E-state index is 12.6. The van der Waals surface area contributed by atoms with Gasteiger partial charge in [-0.1, -0.05) is 0 Å². The summed E-state index contributed by atoms with van der Waals surface area (Å²) in [7, 11) is -1.82. The highest BCUT2D eigenvalue weighted by atomic mass is 32.2. The number of hydrogen-bond acceptors (Lipinski definition) is 7. The zero-order valence-electron chi connectivity index (χ0n) is 12.9. The van der Waals surface area contributed by atoms with Gasteiger partial charge in [-0.25, -0.2) is 18.4 Å². The maximum atomic E-state index is 12.6. The molecule has 1 saturated heterocycles. The number of hydrogen-bond donors (Lipinski definition) is 2. The monoisotopic (exact) mass is 338 g/mol. The van der Waals surface area contributed by atoms with Gasteiger partial charge in [0.15, 0.2) is 0 Å². The van der Waals surface area contributed by atoms with Gasteiger partial charge in [0.2, 0.25) is 10.0 Å². The Morgan fingerprint density at radius 3 is 2.96 bits per heavy atom. The summed E-state index contributed by atoms with van der Waals surface area (Å²) in [6.07, 6.45) is 2.24. The van der Waals surface area contributed by atoms with Gasteiger partial charge >= 0.3 is 0 Å². The molecule has 0 saturated carbocycles. The van der Waals surface area contributed by atoms with Gasteiger partial charge in [-0.2, -0.15) is 9.40 Å². The summed E-state index contributed by atoms with van der Waals surface area (Å²) in [5.74, 6) is 1.27. The lowest BCUT2D eigenvalue weighted by Gasteiger charge is -2.31. The molecule has 23 heavy (non-hydrogen) atoms. The summed E-state index contributed by atoms with van der Waals surface area (Å²) in [6.45, 7) is 2.59. The predicted molar refractivity (Wildman–Crippen MR) is 82.4 cm³/mol. The van der Waals surface area contributed by atoms with E-state index >= 15 is 0 Å². The van der Waals surface area contributed by atoms with Crippen LogP contribution in [-0.2, 0) is 14.8 Å². The van der Waals surface area contributed by atoms with Gasteiger partial charge in [-0.05, 0) is 6.92 Å². The number of sulfonamides is 1. The van der Waals surface area contributed by atoms with E-state index in [0.29, 0.717) is 30.5 Å². The number of ether oxygens (including phenoxy) is 1. The summed E-state index contributed by atoms with van der Waals surface area (Å²) >= 11 is 0. The van der Waals surface area contributed by atoms with Gasteiger partial charge in [0, 0.05) is 32.4 Å². The molecule has 0 aromatic carbocycles. The van der Waals surface area contributed by atoms with Crippen molar-refractivity contribution in [1.29, 1.82) is 0 Å². The molecular weight excluding hydrogens is 320 g/mol. The van der Waals surface area contributed by atoms with E-state index in [0.717, 1.165) is 0 Å². The zero-order chi connectivity index (χ0) is 16.4. The van der Waals surface area contributed by atoms with Crippen molar-refractivity contribution in [3.05, 3.63) is 30.0 Å². The summed E-state index contributed by atoms with van der Waals surface area (Å²) < 4.78 is 32.3. The van der Waals surface area contributed by atoms with Gasteiger partial charge < -0.3 is 10.1 Å². The number of aromatic amines is 1. The van der Waals surface area contributed by atoms with Crippen LogP contribution in [0.3, 0.4) is 0 Å². The Morgan fingerprint density at radius 2 is 2.26 bits per heavy atom. The van der Waals surface area contributed by atoms with Crippen molar-refractivity contribution in [3.63, 3.8) is 0 Å². The second-order valence-electron chi connectivity index (χ2n) is 5.13. The summed E-state index contributed by atoms with van der Waals surface area (Å²) in [6, 6.07) is 1.77. The fraction of sp³-hybridized carbons (Fsp3) is 0.462. The Morgan fingerprint density at radius 1 is 1.43 bits per heavy atom. The van der Waals surface area contributed by atoms with Crippen molar-refractivity contribution in [3.8, 4) is 0 Å². The zero-order valence-corrected chi connectivity index (χ0v) is 13.7. The minimum atomic E-state index is -3.58. The first-order chi connectivity index (χ1) is 11.0. The molecule has 9 nitrogen and oxygen atoms in total. The van der Waals surface area contributed by atoms with Gasteiger partial charge in [-0.15, -0.1) is 0 Å². The summed E-state index contributed by atoms with van der Waals surface area (Å²) in [5, 5.41) is 9.19. The Kier molecular flexibility index (Phi) is 4.28. The maximum Gasteiger partial charge on any atom is 0.246 e. The number of aromatic nitrogens is 4. The van der Waals surface area contributed by atoms with Crippen molar-refractivity contribution >= 4 is 15.8 Å². The standard InChI is InChI=1S/C13H18N6O3S/c1-9-17-11(5-13(14-2)18-9)12-8-19(3-4-22-12)23(20,21)10-6-15-16-7-10/h5-7,12H,3-4,8H2,1-2H3,(H,15,16)(H,14,17,18)/t12-/m1/s1. The number of rotatable bonds is 4. The Balaban J connectivity index is 1.85. The van der Waals surface area contributed by atoms with Gasteiger partial charge in [0.05, 0.1) is 18.5 Å². The predicted octanol–water partition coefficient (Wildman–Crippen LogP) is 0.312. The minimum Gasteiger partial charge on any atom is -0.373 e. The molecule has 3 heterocycles. The van der Waals surface area contributed by atoms with Crippen molar-refractivity contribution < 1.29 is 13.2 Å². The average molecular weight is 338 g/mol. The number of morpholine rings is 1. The SMILES string of the molecule is CNc1cc([C@H]2CN(S(=O)(=O)c3cn[nH]c3)CCO2)nc(C)n1. The number of anilines is 1. The molecule has 0 unspecified atom stereocenters. The quantitative estimate of drug-likeness (QED) is 0.825. The molecule has 1 fully saturated rings. The lowest BCUT2D eigenvalue weighted by molar-refractivity contribution is -0.00505. The van der Waals surface area contributed by atoms with E-state index in [9.17, 15) is 8.42 Å². The second-order valence-corrected chi connectivity index (χ2v) is 7.07. The molecule has 1 aliphatic rings. The Bertz CT molecular complexity index is 777. The van der Waals surface area contributed by atoms with Crippen LogP contribution in [0.15, 0.2) is 23.4 Å². The molecule has 0 radical (unpaired) electrons. The molecule has 2 N–H and O–H groups in total. The van der Waals surface area contributed by atoms with E-state index in [1.165, 1.54) is 16.7 Å². The van der Waals surface area contributed by atoms with Gasteiger partial charge in [0.25, 0.3) is 0 Å². The molecule has 1 aliphatic heterocycles. The molecule has 0 bridgehead atoms. The molecule has 3 rings (SSSR count). The first-order valence-corrected chi connectivity index (χ1v) is 8.58. The van der Waals surface area contributed by atoms with Crippen LogP contribution in [0, 0.1) is 6.92 Å². The topological polar surface area (TPSA) is 113 Å². The van der Waals surface area contributed by atoms with Crippen LogP contribution in [0.4, 0.5) is 5.82 Å². The largest absolute Gasteiger partial charge is 0.373 e. The number of nitrogens with zero attached hydrogens (tertiary/aromatic N) is 4. The third-order valence-electron chi connectivity index (χ3n) is 3.58. The average Bonchev–Trinajstić information content (AvgIpc) is 3.09. The van der Waals surface area contributed by atoms with Gasteiger partial charge in [-0.3, -0.25) is 5.10 Å². The number of nitrogens with one attached hydrogen (secondary N) is 2. The van der Waals surface area contributed by atoms with Gasteiger partial charge in [0.1, 0.15) is 22.6 Å². The second kappa shape index (κ2) is 6.22. The molecule has 0 aliphatic carbocycles. The molecule has 124 valence electrons. The molecule has 0 amide bonds. The first kappa shape index (κ1) is 15.8. The first-order valence-electron chi connectivity index (χ1n) is 7.14. The Labute approximate surface area is 134 Å². The number of aryl methyl sites for hydroxylation is 1. The van der Waals surface area contributed by atoms with Crippen LogP contribution in [0.5, 0.6) is 0 Å². The van der Waals surface area contributed by atoms with Crippen molar-refractivity contribution in [2.45, 2.75) is 17.9 Å². The molecule has 1 atom stereocenters. The van der Waals surface area contributed by atoms with Crippen LogP contribution in [0.25, 0.3) is 0 Å². The highest BCUT2D eigenvalue weighted by Gasteiger charge is 2.32. The number of H-pyrrole nitrogens is 1. The van der Waals surface area contributed by atoms with Crippen LogP contribution < -0.4 is 5.32 Å². The molecule has 2 aromatic rings. The minimum absolute atomic E-state index is 0.146. The fourth-order valence-electron chi connectivity index (χ4n) is 2.44. The smallest absolute Gasteiger partial charge is 0.246 e. The molecule has 0 spiro atoms. The third-order valence-corrected chi connectivity index (χ3v) is 5.41.